The lowest BCUT2D eigenvalue weighted by Crippen LogP contribution is -2.31. The fourth-order valence-corrected chi connectivity index (χ4v) is 1.97. The molecule has 0 aliphatic heterocycles. The van der Waals surface area contributed by atoms with Crippen molar-refractivity contribution in [1.82, 2.24) is 24.6 Å². The van der Waals surface area contributed by atoms with Crippen LogP contribution in [0.1, 0.15) is 19.8 Å². The number of carbonyl (C=O) groups excluding carboxylic acids is 1. The number of hydrogen-bond donors (Lipinski definition) is 1. The van der Waals surface area contributed by atoms with Crippen molar-refractivity contribution in [3.63, 3.8) is 0 Å². The molecule has 0 saturated carbocycles. The van der Waals surface area contributed by atoms with E-state index in [1.807, 2.05) is 19.1 Å². The van der Waals surface area contributed by atoms with E-state index in [0.29, 0.717) is 31.0 Å². The van der Waals surface area contributed by atoms with E-state index in [-0.39, 0.29) is 11.6 Å². The smallest absolute Gasteiger partial charge is 0.346 e. The van der Waals surface area contributed by atoms with Gasteiger partial charge in [-0.25, -0.2) is 9.48 Å². The topological polar surface area (TPSA) is 81.8 Å². The molecule has 0 fully saturated rings. The molecule has 0 saturated heterocycles. The molecule has 112 valence electrons. The van der Waals surface area contributed by atoms with Crippen LogP contribution in [0.25, 0.3) is 11.5 Å². The first kappa shape index (κ1) is 15.0. The van der Waals surface area contributed by atoms with Crippen LogP contribution in [0.5, 0.6) is 0 Å². The van der Waals surface area contributed by atoms with Gasteiger partial charge in [0.1, 0.15) is 5.69 Å². The monoisotopic (exact) mass is 289 g/mol. The van der Waals surface area contributed by atoms with E-state index >= 15 is 0 Å². The highest BCUT2D eigenvalue weighted by Crippen LogP contribution is 2.09. The third-order valence-corrected chi connectivity index (χ3v) is 3.06. The molecule has 2 aromatic rings. The summed E-state index contributed by atoms with van der Waals surface area (Å²) in [6, 6.07) is 5.45. The molecule has 7 nitrogen and oxygen atoms in total. The standard InChI is InChI=1S/C14H19N5O2/c1-3-6-12(20)16-9-10-19-14(21)18(2)13(17-19)11-7-4-5-8-15-11/h4-5,7-8H,3,6,9-10H2,1-2H3,(H,16,20). The molecule has 0 atom stereocenters. The Morgan fingerprint density at radius 2 is 2.19 bits per heavy atom. The van der Waals surface area contributed by atoms with Gasteiger partial charge in [-0.05, 0) is 18.6 Å². The van der Waals surface area contributed by atoms with Gasteiger partial charge in [-0.3, -0.25) is 14.3 Å². The van der Waals surface area contributed by atoms with Gasteiger partial charge in [0.2, 0.25) is 5.91 Å². The van der Waals surface area contributed by atoms with E-state index in [2.05, 4.69) is 15.4 Å². The van der Waals surface area contributed by atoms with Gasteiger partial charge in [0.15, 0.2) is 5.82 Å². The highest BCUT2D eigenvalue weighted by molar-refractivity contribution is 5.75. The van der Waals surface area contributed by atoms with Gasteiger partial charge in [0.25, 0.3) is 0 Å². The largest absolute Gasteiger partial charge is 0.354 e. The highest BCUT2D eigenvalue weighted by atomic mass is 16.2. The van der Waals surface area contributed by atoms with Crippen molar-refractivity contribution in [3.05, 3.63) is 34.9 Å². The zero-order valence-electron chi connectivity index (χ0n) is 12.2. The predicted molar refractivity (Wildman–Crippen MR) is 78.6 cm³/mol. The molecule has 0 aliphatic carbocycles. The maximum atomic E-state index is 12.1. The maximum Gasteiger partial charge on any atom is 0.346 e. The first-order valence-electron chi connectivity index (χ1n) is 6.95. The third kappa shape index (κ3) is 3.56. The van der Waals surface area contributed by atoms with Crippen molar-refractivity contribution in [2.24, 2.45) is 7.05 Å². The van der Waals surface area contributed by atoms with Crippen molar-refractivity contribution in [2.75, 3.05) is 6.54 Å². The first-order chi connectivity index (χ1) is 10.1. The zero-order chi connectivity index (χ0) is 15.2. The number of amides is 1. The van der Waals surface area contributed by atoms with Crippen LogP contribution in [0, 0.1) is 0 Å². The Bertz CT molecular complexity index is 660. The van der Waals surface area contributed by atoms with Gasteiger partial charge >= 0.3 is 5.69 Å². The number of carbonyl (C=O) groups is 1. The van der Waals surface area contributed by atoms with Crippen molar-refractivity contribution in [3.8, 4) is 11.5 Å². The van der Waals surface area contributed by atoms with E-state index < -0.39 is 0 Å². The lowest BCUT2D eigenvalue weighted by molar-refractivity contribution is -0.121. The number of aromatic nitrogens is 4. The quantitative estimate of drug-likeness (QED) is 0.842. The van der Waals surface area contributed by atoms with Gasteiger partial charge in [-0.1, -0.05) is 13.0 Å². The van der Waals surface area contributed by atoms with E-state index in [9.17, 15) is 9.59 Å². The molecule has 0 spiro atoms. The molecule has 0 aliphatic rings. The first-order valence-corrected chi connectivity index (χ1v) is 6.95. The summed E-state index contributed by atoms with van der Waals surface area (Å²) >= 11 is 0. The molecule has 0 aromatic carbocycles. The molecule has 0 radical (unpaired) electrons. The van der Waals surface area contributed by atoms with Gasteiger partial charge in [-0.15, -0.1) is 5.10 Å². The second-order valence-corrected chi connectivity index (χ2v) is 4.70. The Labute approximate surface area is 122 Å². The molecular formula is C14H19N5O2. The highest BCUT2D eigenvalue weighted by Gasteiger charge is 2.12. The maximum absolute atomic E-state index is 12.1. The fourth-order valence-electron chi connectivity index (χ4n) is 1.97. The van der Waals surface area contributed by atoms with Gasteiger partial charge in [0.05, 0.1) is 6.54 Å². The average molecular weight is 289 g/mol. The normalized spacial score (nSPS) is 10.6. The van der Waals surface area contributed by atoms with Crippen molar-refractivity contribution >= 4 is 5.91 Å². The lowest BCUT2D eigenvalue weighted by Gasteiger charge is -2.03. The number of nitrogens with one attached hydrogen (secondary N) is 1. The fraction of sp³-hybridized carbons (Fsp3) is 0.429. The Morgan fingerprint density at radius 3 is 2.86 bits per heavy atom. The number of hydrogen-bond acceptors (Lipinski definition) is 4. The molecule has 7 heteroatoms. The summed E-state index contributed by atoms with van der Waals surface area (Å²) in [7, 11) is 1.66. The molecule has 1 N–H and O–H groups in total. The number of rotatable bonds is 6. The van der Waals surface area contributed by atoms with Crippen LogP contribution in [0.4, 0.5) is 0 Å². The van der Waals surface area contributed by atoms with Crippen LogP contribution in [0.3, 0.4) is 0 Å². The second-order valence-electron chi connectivity index (χ2n) is 4.70. The van der Waals surface area contributed by atoms with Crippen LogP contribution in [-0.4, -0.2) is 31.8 Å². The van der Waals surface area contributed by atoms with E-state index in [4.69, 9.17) is 0 Å². The molecular weight excluding hydrogens is 270 g/mol. The van der Waals surface area contributed by atoms with Gasteiger partial charge in [-0.2, -0.15) is 0 Å². The molecule has 2 aromatic heterocycles. The van der Waals surface area contributed by atoms with Gasteiger partial charge in [0, 0.05) is 26.2 Å². The SMILES string of the molecule is CCCC(=O)NCCn1nc(-c2ccccn2)n(C)c1=O. The summed E-state index contributed by atoms with van der Waals surface area (Å²) in [5.41, 5.74) is 0.422. The molecule has 21 heavy (non-hydrogen) atoms. The minimum atomic E-state index is -0.222. The van der Waals surface area contributed by atoms with Crippen molar-refractivity contribution in [2.45, 2.75) is 26.3 Å². The zero-order valence-corrected chi connectivity index (χ0v) is 12.2. The second kappa shape index (κ2) is 6.83. The molecule has 0 unspecified atom stereocenters. The Morgan fingerprint density at radius 1 is 1.38 bits per heavy atom. The summed E-state index contributed by atoms with van der Waals surface area (Å²) in [5.74, 6) is 0.506. The Kier molecular flexibility index (Phi) is 4.86. The minimum Gasteiger partial charge on any atom is -0.354 e. The third-order valence-electron chi connectivity index (χ3n) is 3.06. The summed E-state index contributed by atoms with van der Waals surface area (Å²) < 4.78 is 2.80. The van der Waals surface area contributed by atoms with Crippen LogP contribution in [0.2, 0.25) is 0 Å². The lowest BCUT2D eigenvalue weighted by atomic mass is 10.3. The summed E-state index contributed by atoms with van der Waals surface area (Å²) in [5, 5.41) is 7.04. The molecule has 2 heterocycles. The van der Waals surface area contributed by atoms with Crippen molar-refractivity contribution in [1.29, 1.82) is 0 Å². The van der Waals surface area contributed by atoms with Gasteiger partial charge < -0.3 is 5.32 Å². The summed E-state index contributed by atoms with van der Waals surface area (Å²) in [4.78, 5) is 27.7. The molecule has 2 rings (SSSR count). The van der Waals surface area contributed by atoms with E-state index in [0.717, 1.165) is 6.42 Å². The molecule has 0 bridgehead atoms. The molecule has 1 amide bonds. The van der Waals surface area contributed by atoms with Crippen LogP contribution < -0.4 is 11.0 Å². The average Bonchev–Trinajstić information content (AvgIpc) is 2.77. The van der Waals surface area contributed by atoms with Crippen LogP contribution >= 0.6 is 0 Å². The Hall–Kier alpha value is -2.44. The summed E-state index contributed by atoms with van der Waals surface area (Å²) in [6.45, 7) is 2.67. The summed E-state index contributed by atoms with van der Waals surface area (Å²) in [6.07, 6.45) is 2.96. The van der Waals surface area contributed by atoms with Crippen LogP contribution in [0.15, 0.2) is 29.2 Å². The Balaban J connectivity index is 2.09. The predicted octanol–water partition coefficient (Wildman–Crippen LogP) is 0.560. The van der Waals surface area contributed by atoms with E-state index in [1.54, 1.807) is 19.3 Å². The van der Waals surface area contributed by atoms with E-state index in [1.165, 1.54) is 9.25 Å². The number of nitrogens with zero attached hydrogens (tertiary/aromatic N) is 4. The van der Waals surface area contributed by atoms with Crippen molar-refractivity contribution < 1.29 is 4.79 Å². The minimum absolute atomic E-state index is 0.00794. The van der Waals surface area contributed by atoms with Crippen LogP contribution in [-0.2, 0) is 18.4 Å². The number of pyridine rings is 1.